The number of aromatic nitrogens is 2. The van der Waals surface area contributed by atoms with E-state index in [-0.39, 0.29) is 10.7 Å². The lowest BCUT2D eigenvalue weighted by molar-refractivity contribution is 0.0943. The topological polar surface area (TPSA) is 98.2 Å². The Morgan fingerprint density at radius 1 is 1.53 bits per heavy atom. The number of ether oxygens (including phenoxy) is 1. The van der Waals surface area contributed by atoms with Crippen molar-refractivity contribution in [1.29, 1.82) is 0 Å². The highest BCUT2D eigenvalue weighted by Crippen LogP contribution is 2.14. The van der Waals surface area contributed by atoms with Crippen LogP contribution in [0.1, 0.15) is 16.9 Å². The molecule has 0 atom stereocenters. The van der Waals surface area contributed by atoms with Gasteiger partial charge in [-0.1, -0.05) is 11.6 Å². The Bertz CT molecular complexity index is 562. The zero-order valence-electron chi connectivity index (χ0n) is 10.5. The van der Waals surface area contributed by atoms with Gasteiger partial charge in [-0.2, -0.15) is 0 Å². The van der Waals surface area contributed by atoms with Gasteiger partial charge in [0.1, 0.15) is 0 Å². The minimum absolute atomic E-state index is 0.00311. The number of carbonyl (C=O) groups is 1. The summed E-state index contributed by atoms with van der Waals surface area (Å²) in [5, 5.41) is 2.13. The van der Waals surface area contributed by atoms with Crippen LogP contribution in [0.5, 0.6) is 0 Å². The average Bonchev–Trinajstić information content (AvgIpc) is 2.33. The molecule has 1 heterocycles. The Balaban J connectivity index is 2.84. The number of nitrogens with one attached hydrogen (secondary N) is 1. The minimum Gasteiger partial charge on any atom is -0.385 e. The van der Waals surface area contributed by atoms with E-state index in [0.29, 0.717) is 19.6 Å². The van der Waals surface area contributed by atoms with Gasteiger partial charge >= 0.3 is 0 Å². The van der Waals surface area contributed by atoms with Crippen molar-refractivity contribution < 1.29 is 17.9 Å². The van der Waals surface area contributed by atoms with Crippen LogP contribution in [0.25, 0.3) is 0 Å². The molecule has 0 radical (unpaired) electrons. The molecule has 0 unspecified atom stereocenters. The number of amides is 1. The molecule has 0 bridgehead atoms. The van der Waals surface area contributed by atoms with Crippen molar-refractivity contribution in [2.24, 2.45) is 0 Å². The molecule has 19 heavy (non-hydrogen) atoms. The lowest BCUT2D eigenvalue weighted by Gasteiger charge is -2.06. The van der Waals surface area contributed by atoms with E-state index >= 15 is 0 Å². The predicted octanol–water partition coefficient (Wildman–Crippen LogP) is 0.300. The highest BCUT2D eigenvalue weighted by atomic mass is 35.5. The van der Waals surface area contributed by atoms with Gasteiger partial charge in [0.2, 0.25) is 15.0 Å². The van der Waals surface area contributed by atoms with E-state index in [9.17, 15) is 13.2 Å². The molecule has 1 N–H and O–H groups in total. The highest BCUT2D eigenvalue weighted by molar-refractivity contribution is 7.90. The quantitative estimate of drug-likeness (QED) is 0.599. The Labute approximate surface area is 116 Å². The Kier molecular flexibility index (Phi) is 5.64. The van der Waals surface area contributed by atoms with Crippen molar-refractivity contribution in [2.75, 3.05) is 26.5 Å². The smallest absolute Gasteiger partial charge is 0.271 e. The molecule has 106 valence electrons. The third-order valence-electron chi connectivity index (χ3n) is 2.08. The zero-order valence-corrected chi connectivity index (χ0v) is 12.1. The standard InChI is InChI=1S/C10H14ClN3O4S/c1-18-5-3-4-12-9(15)8-7(11)6-13-10(14-8)19(2,16)17/h6H,3-5H2,1-2H3,(H,12,15). The van der Waals surface area contributed by atoms with Gasteiger partial charge in [-0.3, -0.25) is 4.79 Å². The van der Waals surface area contributed by atoms with Gasteiger partial charge in [-0.05, 0) is 6.42 Å². The first-order chi connectivity index (χ1) is 8.86. The third-order valence-corrected chi connectivity index (χ3v) is 3.22. The summed E-state index contributed by atoms with van der Waals surface area (Å²) < 4.78 is 27.4. The second-order valence-electron chi connectivity index (χ2n) is 3.72. The molecule has 9 heteroatoms. The molecular formula is C10H14ClN3O4S. The number of hydrogen-bond acceptors (Lipinski definition) is 6. The molecule has 1 amide bonds. The number of methoxy groups -OCH3 is 1. The van der Waals surface area contributed by atoms with Crippen molar-refractivity contribution in [3.63, 3.8) is 0 Å². The number of sulfone groups is 1. The van der Waals surface area contributed by atoms with Crippen LogP contribution in [0.2, 0.25) is 5.02 Å². The van der Waals surface area contributed by atoms with Gasteiger partial charge in [-0.25, -0.2) is 18.4 Å². The minimum atomic E-state index is -3.59. The average molecular weight is 308 g/mol. The second kappa shape index (κ2) is 6.78. The second-order valence-corrected chi connectivity index (χ2v) is 6.04. The summed E-state index contributed by atoms with van der Waals surface area (Å²) in [5.41, 5.74) is -0.158. The first kappa shape index (κ1) is 15.8. The molecule has 1 aromatic rings. The molecule has 0 aliphatic carbocycles. The summed E-state index contributed by atoms with van der Waals surface area (Å²) in [6, 6.07) is 0. The van der Waals surface area contributed by atoms with E-state index in [4.69, 9.17) is 16.3 Å². The summed E-state index contributed by atoms with van der Waals surface area (Å²) in [6.07, 6.45) is 2.68. The molecule has 7 nitrogen and oxygen atoms in total. The van der Waals surface area contributed by atoms with Crippen LogP contribution in [0.4, 0.5) is 0 Å². The number of hydrogen-bond donors (Lipinski definition) is 1. The predicted molar refractivity (Wildman–Crippen MR) is 69.0 cm³/mol. The number of halogens is 1. The lowest BCUT2D eigenvalue weighted by atomic mass is 10.3. The molecular weight excluding hydrogens is 294 g/mol. The fraction of sp³-hybridized carbons (Fsp3) is 0.500. The lowest BCUT2D eigenvalue weighted by Crippen LogP contribution is -2.27. The Morgan fingerprint density at radius 3 is 2.79 bits per heavy atom. The van der Waals surface area contributed by atoms with Gasteiger partial charge in [0.05, 0.1) is 11.2 Å². The van der Waals surface area contributed by atoms with Crippen LogP contribution >= 0.6 is 11.6 Å². The summed E-state index contributed by atoms with van der Waals surface area (Å²) in [4.78, 5) is 19.0. The van der Waals surface area contributed by atoms with Crippen LogP contribution in [0.3, 0.4) is 0 Å². The molecule has 0 aromatic carbocycles. The van der Waals surface area contributed by atoms with E-state index in [1.807, 2.05) is 0 Å². The zero-order chi connectivity index (χ0) is 14.5. The van der Waals surface area contributed by atoms with Crippen molar-refractivity contribution in [2.45, 2.75) is 11.6 Å². The summed E-state index contributed by atoms with van der Waals surface area (Å²) >= 11 is 5.78. The number of nitrogens with zero attached hydrogens (tertiary/aromatic N) is 2. The monoisotopic (exact) mass is 307 g/mol. The number of carbonyl (C=O) groups excluding carboxylic acids is 1. The van der Waals surface area contributed by atoms with Crippen molar-refractivity contribution in [3.05, 3.63) is 16.9 Å². The SMILES string of the molecule is COCCCNC(=O)c1nc(S(C)(=O)=O)ncc1Cl. The normalized spacial score (nSPS) is 11.3. The molecule has 1 rings (SSSR count). The molecule has 0 saturated carbocycles. The van der Waals surface area contributed by atoms with Crippen molar-refractivity contribution in [1.82, 2.24) is 15.3 Å². The first-order valence-corrected chi connectivity index (χ1v) is 7.63. The fourth-order valence-electron chi connectivity index (χ4n) is 1.19. The Morgan fingerprint density at radius 2 is 2.21 bits per heavy atom. The van der Waals surface area contributed by atoms with Crippen LogP contribution in [-0.4, -0.2) is 50.8 Å². The van der Waals surface area contributed by atoms with Gasteiger partial charge < -0.3 is 10.1 Å². The van der Waals surface area contributed by atoms with E-state index in [0.717, 1.165) is 12.5 Å². The molecule has 0 aliphatic heterocycles. The Hall–Kier alpha value is -1.25. The van der Waals surface area contributed by atoms with Gasteiger partial charge in [0, 0.05) is 26.5 Å². The van der Waals surface area contributed by atoms with Gasteiger partial charge in [0.15, 0.2) is 5.69 Å². The highest BCUT2D eigenvalue weighted by Gasteiger charge is 2.18. The van der Waals surface area contributed by atoms with Crippen LogP contribution in [0, 0.1) is 0 Å². The summed E-state index contributed by atoms with van der Waals surface area (Å²) in [5.74, 6) is -0.548. The largest absolute Gasteiger partial charge is 0.385 e. The van der Waals surface area contributed by atoms with Gasteiger partial charge in [-0.15, -0.1) is 0 Å². The summed E-state index contributed by atoms with van der Waals surface area (Å²) in [7, 11) is -2.03. The first-order valence-electron chi connectivity index (χ1n) is 5.36. The fourth-order valence-corrected chi connectivity index (χ4v) is 1.87. The molecule has 0 saturated heterocycles. The third kappa shape index (κ3) is 4.73. The maximum Gasteiger partial charge on any atom is 0.271 e. The molecule has 0 spiro atoms. The maximum atomic E-state index is 11.8. The summed E-state index contributed by atoms with van der Waals surface area (Å²) in [6.45, 7) is 0.883. The van der Waals surface area contributed by atoms with Crippen LogP contribution in [-0.2, 0) is 14.6 Å². The van der Waals surface area contributed by atoms with Crippen molar-refractivity contribution in [3.8, 4) is 0 Å². The van der Waals surface area contributed by atoms with Crippen LogP contribution in [0.15, 0.2) is 11.4 Å². The van der Waals surface area contributed by atoms with E-state index < -0.39 is 20.9 Å². The van der Waals surface area contributed by atoms with Crippen LogP contribution < -0.4 is 5.32 Å². The van der Waals surface area contributed by atoms with E-state index in [1.165, 1.54) is 0 Å². The van der Waals surface area contributed by atoms with Crippen molar-refractivity contribution >= 4 is 27.3 Å². The molecule has 0 fully saturated rings. The van der Waals surface area contributed by atoms with E-state index in [2.05, 4.69) is 15.3 Å². The molecule has 1 aromatic heterocycles. The van der Waals surface area contributed by atoms with Gasteiger partial charge in [0.25, 0.3) is 5.91 Å². The molecule has 0 aliphatic rings. The van der Waals surface area contributed by atoms with E-state index in [1.54, 1.807) is 7.11 Å². The maximum absolute atomic E-state index is 11.8. The number of rotatable bonds is 6.